The molecule has 346 valence electrons. The summed E-state index contributed by atoms with van der Waals surface area (Å²) < 4.78 is 18.6. The zero-order valence-electron chi connectivity index (χ0n) is 40.4. The summed E-state index contributed by atoms with van der Waals surface area (Å²) in [5.74, 6) is 0. The van der Waals surface area contributed by atoms with Gasteiger partial charge in [0.05, 0.1) is 44.5 Å². The normalized spacial score (nSPS) is 12.5. The molecule has 0 fully saturated rings. The Bertz CT molecular complexity index is 4850. The van der Waals surface area contributed by atoms with Crippen LogP contribution in [0.5, 0.6) is 0 Å². The largest absolute Gasteiger partial charge is 0.454 e. The van der Waals surface area contributed by atoms with Gasteiger partial charge in [0.25, 0.3) is 0 Å². The van der Waals surface area contributed by atoms with Crippen LogP contribution >= 0.6 is 0 Å². The fourth-order valence-electron chi connectivity index (χ4n) is 13.0. The van der Waals surface area contributed by atoms with Gasteiger partial charge in [-0.25, -0.2) is 0 Å². The first-order valence-corrected chi connectivity index (χ1v) is 25.4. The Morgan fingerprint density at radius 2 is 0.649 bits per heavy atom. The molecule has 74 heavy (non-hydrogen) atoms. The van der Waals surface area contributed by atoms with Crippen LogP contribution in [0, 0.1) is 13.8 Å². The van der Waals surface area contributed by atoms with Crippen molar-refractivity contribution in [1.82, 2.24) is 8.80 Å². The van der Waals surface area contributed by atoms with Crippen molar-refractivity contribution in [1.29, 1.82) is 0 Å². The van der Waals surface area contributed by atoms with Crippen LogP contribution in [0.15, 0.2) is 227 Å². The van der Waals surface area contributed by atoms with Crippen LogP contribution in [0.4, 0.5) is 34.1 Å². The Morgan fingerprint density at radius 3 is 1.09 bits per heavy atom. The van der Waals surface area contributed by atoms with E-state index in [-0.39, 0.29) is 0 Å². The summed E-state index contributed by atoms with van der Waals surface area (Å²) in [7, 11) is 0. The van der Waals surface area contributed by atoms with Gasteiger partial charge in [0.15, 0.2) is 11.2 Å². The maximum absolute atomic E-state index is 6.77. The Labute approximate surface area is 423 Å². The molecule has 0 amide bonds. The molecule has 0 radical (unpaired) electrons. The predicted octanol–water partition coefficient (Wildman–Crippen LogP) is 19.3. The Morgan fingerprint density at radius 1 is 0.284 bits per heavy atom. The first-order chi connectivity index (χ1) is 36.6. The summed E-state index contributed by atoms with van der Waals surface area (Å²) in [5.41, 5.74) is 19.4. The summed E-state index contributed by atoms with van der Waals surface area (Å²) in [4.78, 5) is 4.77. The molecule has 6 nitrogen and oxygen atoms in total. The van der Waals surface area contributed by atoms with Gasteiger partial charge in [-0.15, -0.1) is 0 Å². The molecule has 6 aromatic heterocycles. The minimum absolute atomic E-state index is 0.882. The highest BCUT2D eigenvalue weighted by molar-refractivity contribution is 6.29. The van der Waals surface area contributed by atoms with Gasteiger partial charge < -0.3 is 27.4 Å². The van der Waals surface area contributed by atoms with Crippen LogP contribution in [-0.2, 0) is 0 Å². The van der Waals surface area contributed by atoms with Crippen molar-refractivity contribution >= 4 is 154 Å². The SMILES string of the molecule is Cc1ccc2c(oc3ccccc32)c1N(c1ccccc1)c1ccc2c3cccc4c5cc6c(cc5n(c2c1)c34)c1cccc2c3ccc(N(c4ccccc4)c4c(C)ccc5c4oc4ccccc45)cc3n6c21. The highest BCUT2D eigenvalue weighted by atomic mass is 16.3. The van der Waals surface area contributed by atoms with E-state index >= 15 is 0 Å². The summed E-state index contributed by atoms with van der Waals surface area (Å²) in [6.45, 7) is 4.38. The maximum atomic E-state index is 6.77. The third kappa shape index (κ3) is 5.18. The summed E-state index contributed by atoms with van der Waals surface area (Å²) in [6.07, 6.45) is 0. The third-order valence-corrected chi connectivity index (χ3v) is 16.2. The van der Waals surface area contributed by atoms with E-state index in [1.54, 1.807) is 0 Å². The average molecular weight is 947 g/mol. The van der Waals surface area contributed by atoms with Crippen molar-refractivity contribution < 1.29 is 8.83 Å². The van der Waals surface area contributed by atoms with Crippen molar-refractivity contribution in [3.8, 4) is 0 Å². The van der Waals surface area contributed by atoms with Crippen molar-refractivity contribution in [2.45, 2.75) is 13.8 Å². The Hall–Kier alpha value is -9.78. The fourth-order valence-corrected chi connectivity index (χ4v) is 13.0. The molecule has 0 bridgehead atoms. The second-order valence-corrected chi connectivity index (χ2v) is 20.1. The number of furan rings is 2. The molecule has 0 N–H and O–H groups in total. The van der Waals surface area contributed by atoms with Gasteiger partial charge in [-0.05, 0) is 97.8 Å². The fraction of sp³-hybridized carbons (Fsp3) is 0.0294. The standard InChI is InChI=1S/C68H42N4O2/c1-39-27-31-53-47-19-9-11-25-61(47)73-67(53)63(39)69(41-15-5-3-6-16-41)43-29-33-45-49-21-13-23-51-55-38-60-56(37-59(55)71(65(49)51)57(45)35-43)52-24-14-22-50-46-34-30-44(36-58(46)72(60)66(50)52)70(42-17-7-4-8-18-42)64-40(2)28-32-54-48-20-10-12-26-62(48)74-68(54)64/h3-38H,1-2H3. The van der Waals surface area contributed by atoms with Crippen molar-refractivity contribution in [3.63, 3.8) is 0 Å². The van der Waals surface area contributed by atoms with E-state index in [2.05, 4.69) is 239 Å². The smallest absolute Gasteiger partial charge is 0.159 e. The van der Waals surface area contributed by atoms with Gasteiger partial charge >= 0.3 is 0 Å². The number of hydrogen-bond donors (Lipinski definition) is 0. The Balaban J connectivity index is 0.913. The number of aromatic nitrogens is 2. The lowest BCUT2D eigenvalue weighted by molar-refractivity contribution is 0.668. The molecule has 17 aromatic rings. The lowest BCUT2D eigenvalue weighted by atomic mass is 10.0. The van der Waals surface area contributed by atoms with Gasteiger partial charge in [0.1, 0.15) is 11.2 Å². The molecule has 11 aromatic carbocycles. The maximum Gasteiger partial charge on any atom is 0.159 e. The summed E-state index contributed by atoms with van der Waals surface area (Å²) in [5, 5.41) is 14.4. The zero-order valence-corrected chi connectivity index (χ0v) is 40.4. The van der Waals surface area contributed by atoms with E-state index < -0.39 is 0 Å². The number of fused-ring (bicyclic) bond motifs is 18. The van der Waals surface area contributed by atoms with Gasteiger partial charge in [-0.3, -0.25) is 0 Å². The molecule has 6 heterocycles. The van der Waals surface area contributed by atoms with Crippen molar-refractivity contribution in [2.24, 2.45) is 0 Å². The van der Waals surface area contributed by atoms with E-state index in [1.165, 1.54) is 76.2 Å². The van der Waals surface area contributed by atoms with Crippen LogP contribution in [0.25, 0.3) is 120 Å². The highest BCUT2D eigenvalue weighted by Crippen LogP contribution is 2.50. The number of para-hydroxylation sites is 6. The molecule has 0 aliphatic carbocycles. The van der Waals surface area contributed by atoms with Crippen molar-refractivity contribution in [3.05, 3.63) is 230 Å². The number of benzene rings is 11. The monoisotopic (exact) mass is 946 g/mol. The number of nitrogens with zero attached hydrogens (tertiary/aromatic N) is 4. The first kappa shape index (κ1) is 39.9. The van der Waals surface area contributed by atoms with Crippen molar-refractivity contribution in [2.75, 3.05) is 9.80 Å². The number of aryl methyl sites for hydroxylation is 2. The van der Waals surface area contributed by atoms with Crippen LogP contribution < -0.4 is 9.80 Å². The molecule has 0 unspecified atom stereocenters. The van der Waals surface area contributed by atoms with E-state index in [9.17, 15) is 0 Å². The van der Waals surface area contributed by atoms with Crippen LogP contribution in [-0.4, -0.2) is 8.80 Å². The molecular weight excluding hydrogens is 905 g/mol. The molecular formula is C68H42N4O2. The van der Waals surface area contributed by atoms with Gasteiger partial charge in [0, 0.05) is 87.4 Å². The highest BCUT2D eigenvalue weighted by Gasteiger charge is 2.27. The third-order valence-electron chi connectivity index (χ3n) is 16.2. The van der Waals surface area contributed by atoms with Gasteiger partial charge in [-0.1, -0.05) is 146 Å². The topological polar surface area (TPSA) is 41.6 Å². The van der Waals surface area contributed by atoms with Gasteiger partial charge in [0.2, 0.25) is 0 Å². The molecule has 0 saturated heterocycles. The van der Waals surface area contributed by atoms with E-state index in [1.807, 2.05) is 12.1 Å². The van der Waals surface area contributed by atoms with Crippen LogP contribution in [0.3, 0.4) is 0 Å². The first-order valence-electron chi connectivity index (χ1n) is 25.4. The summed E-state index contributed by atoms with van der Waals surface area (Å²) >= 11 is 0. The number of anilines is 6. The van der Waals surface area contributed by atoms with E-state index in [0.29, 0.717) is 0 Å². The van der Waals surface area contributed by atoms with Crippen LogP contribution in [0.1, 0.15) is 11.1 Å². The van der Waals surface area contributed by atoms with Crippen LogP contribution in [0.2, 0.25) is 0 Å². The van der Waals surface area contributed by atoms with E-state index in [0.717, 1.165) is 89.1 Å². The van der Waals surface area contributed by atoms with E-state index in [4.69, 9.17) is 8.83 Å². The average Bonchev–Trinajstić information content (AvgIpc) is 4.31. The second-order valence-electron chi connectivity index (χ2n) is 20.1. The molecule has 0 aliphatic heterocycles. The quantitative estimate of drug-likeness (QED) is 0.167. The summed E-state index contributed by atoms with van der Waals surface area (Å²) in [6, 6.07) is 79.5. The minimum atomic E-state index is 0.882. The molecule has 6 heteroatoms. The number of hydrogen-bond acceptors (Lipinski definition) is 4. The molecule has 0 aliphatic rings. The number of rotatable bonds is 6. The lowest BCUT2D eigenvalue weighted by Crippen LogP contribution is -2.11. The minimum Gasteiger partial charge on any atom is -0.454 e. The molecule has 0 saturated carbocycles. The zero-order chi connectivity index (χ0) is 48.5. The predicted molar refractivity (Wildman–Crippen MR) is 309 cm³/mol. The molecule has 17 rings (SSSR count). The Kier molecular flexibility index (Phi) is 7.78. The molecule has 0 atom stereocenters. The molecule has 0 spiro atoms. The lowest BCUT2D eigenvalue weighted by Gasteiger charge is -2.27. The second kappa shape index (κ2) is 14.4. The van der Waals surface area contributed by atoms with Gasteiger partial charge in [-0.2, -0.15) is 0 Å².